The number of nitrogens with zero attached hydrogens (tertiary/aromatic N) is 3. The average molecular weight is 494 g/mol. The number of carbonyl (C=O) groups excluding carboxylic acids is 2. The van der Waals surface area contributed by atoms with E-state index in [0.717, 1.165) is 31.0 Å². The summed E-state index contributed by atoms with van der Waals surface area (Å²) in [6, 6.07) is -0.194. The van der Waals surface area contributed by atoms with Crippen molar-refractivity contribution in [1.82, 2.24) is 20.0 Å². The summed E-state index contributed by atoms with van der Waals surface area (Å²) in [6.07, 6.45) is 4.39. The minimum absolute atomic E-state index is 0.0903. The maximum absolute atomic E-state index is 12.5. The van der Waals surface area contributed by atoms with Crippen LogP contribution in [-0.2, 0) is 9.59 Å². The summed E-state index contributed by atoms with van der Waals surface area (Å²) < 4.78 is 0. The summed E-state index contributed by atoms with van der Waals surface area (Å²) in [5.41, 5.74) is 5.48. The first-order valence-electron chi connectivity index (χ1n) is 11.9. The van der Waals surface area contributed by atoms with Crippen molar-refractivity contribution in [3.63, 3.8) is 0 Å². The third-order valence-electron chi connectivity index (χ3n) is 7.51. The zero-order chi connectivity index (χ0) is 24.7. The molecule has 0 radical (unpaired) electrons. The fourth-order valence-electron chi connectivity index (χ4n) is 5.65. The molecule has 4 heterocycles. The molecule has 5 N–H and O–H groups in total. The van der Waals surface area contributed by atoms with E-state index in [0.29, 0.717) is 13.1 Å². The van der Waals surface area contributed by atoms with Gasteiger partial charge in [-0.3, -0.25) is 9.69 Å². The average Bonchev–Trinajstić information content (AvgIpc) is 3.30. The maximum Gasteiger partial charge on any atom is 0.353 e. The molecule has 11 heteroatoms. The van der Waals surface area contributed by atoms with Gasteiger partial charge in [-0.05, 0) is 20.3 Å². The molecule has 1 unspecified atom stereocenters. The lowest BCUT2D eigenvalue weighted by Gasteiger charge is -2.46. The summed E-state index contributed by atoms with van der Waals surface area (Å²) in [6.45, 7) is 9.27. The zero-order valence-electron chi connectivity index (χ0n) is 19.9. The van der Waals surface area contributed by atoms with Crippen molar-refractivity contribution < 1.29 is 24.6 Å². The summed E-state index contributed by atoms with van der Waals surface area (Å²) in [7, 11) is 0. The fraction of sp³-hybridized carbons (Fsp3) is 0.696. The smallest absolute Gasteiger partial charge is 0.353 e. The molecule has 0 aliphatic carbocycles. The number of rotatable bonds is 7. The number of primary amides is 1. The number of β-lactam (4-membered cyclic amide) rings is 1. The number of amides is 3. The number of aliphatic carboxylic acids is 1. The second-order valence-electron chi connectivity index (χ2n) is 9.82. The summed E-state index contributed by atoms with van der Waals surface area (Å²) in [5.74, 6) is -2.02. The van der Waals surface area contributed by atoms with Crippen molar-refractivity contribution >= 4 is 29.7 Å². The van der Waals surface area contributed by atoms with Crippen molar-refractivity contribution in [2.24, 2.45) is 17.6 Å². The van der Waals surface area contributed by atoms with E-state index < -0.39 is 18.0 Å². The lowest BCUT2D eigenvalue weighted by Crippen LogP contribution is -2.63. The van der Waals surface area contributed by atoms with E-state index in [4.69, 9.17) is 5.73 Å². The molecule has 0 bridgehead atoms. The lowest BCUT2D eigenvalue weighted by atomic mass is 9.79. The molecule has 34 heavy (non-hydrogen) atoms. The van der Waals surface area contributed by atoms with E-state index in [-0.39, 0.29) is 46.9 Å². The molecule has 0 aromatic carbocycles. The highest BCUT2D eigenvalue weighted by Crippen LogP contribution is 2.51. The molecule has 0 spiro atoms. The number of urea groups is 1. The van der Waals surface area contributed by atoms with Gasteiger partial charge in [0.15, 0.2) is 0 Å². The molecule has 3 fully saturated rings. The molecule has 4 aliphatic rings. The van der Waals surface area contributed by atoms with Gasteiger partial charge >= 0.3 is 12.0 Å². The Hall–Kier alpha value is -2.08. The second kappa shape index (κ2) is 9.88. The van der Waals surface area contributed by atoms with E-state index in [1.54, 1.807) is 23.6 Å². The van der Waals surface area contributed by atoms with Crippen LogP contribution in [0, 0.1) is 11.8 Å². The number of fused-ring (bicyclic) bond motifs is 1. The van der Waals surface area contributed by atoms with Crippen LogP contribution in [0.1, 0.15) is 27.2 Å². The standard InChI is InChI=1S/C23H35N5O5S/c1-12-11-27(23(24)33)8-7-26(12)6-4-5-15-9-16(10-25-15)34-20-13(2)18-17(14(3)29)21(30)28(18)19(20)22(31)32/h4-5,12-18,25,29H,6-11H2,1-3H3,(H2,24,33)(H,31,32)/b5-4-/t12?,13-,14-,15-,16+,17-,18-/m1/s1. The molecular formula is C23H35N5O5S. The SMILES string of the molecule is CC1CN(C(N)=O)CCN1C/C=C\[C@@H]1C[C@H](SC2=C(C(=O)O)N3C(=O)[C@H]([C@@H](C)O)[C@H]3[C@H]2C)CN1. The predicted molar refractivity (Wildman–Crippen MR) is 129 cm³/mol. The van der Waals surface area contributed by atoms with Gasteiger partial charge in [-0.1, -0.05) is 19.1 Å². The van der Waals surface area contributed by atoms with Gasteiger partial charge in [-0.25, -0.2) is 9.59 Å². The van der Waals surface area contributed by atoms with Crippen LogP contribution >= 0.6 is 11.8 Å². The highest BCUT2D eigenvalue weighted by atomic mass is 32.2. The minimum Gasteiger partial charge on any atom is -0.477 e. The van der Waals surface area contributed by atoms with Gasteiger partial charge in [-0.15, -0.1) is 11.8 Å². The van der Waals surface area contributed by atoms with E-state index in [9.17, 15) is 24.6 Å². The molecule has 7 atom stereocenters. The first-order chi connectivity index (χ1) is 16.1. The van der Waals surface area contributed by atoms with Gasteiger partial charge in [0.25, 0.3) is 0 Å². The number of nitrogens with two attached hydrogens (primary N) is 1. The van der Waals surface area contributed by atoms with Crippen LogP contribution in [0.15, 0.2) is 22.8 Å². The molecule has 0 saturated carbocycles. The van der Waals surface area contributed by atoms with Gasteiger partial charge in [0.1, 0.15) is 5.70 Å². The van der Waals surface area contributed by atoms with Gasteiger partial charge < -0.3 is 31.1 Å². The van der Waals surface area contributed by atoms with E-state index in [1.807, 2.05) is 6.92 Å². The van der Waals surface area contributed by atoms with E-state index in [2.05, 4.69) is 29.3 Å². The van der Waals surface area contributed by atoms with Crippen molar-refractivity contribution in [3.05, 3.63) is 22.8 Å². The van der Waals surface area contributed by atoms with Crippen LogP contribution in [0.5, 0.6) is 0 Å². The van der Waals surface area contributed by atoms with Crippen molar-refractivity contribution in [3.8, 4) is 0 Å². The Morgan fingerprint density at radius 1 is 1.32 bits per heavy atom. The topological polar surface area (TPSA) is 139 Å². The van der Waals surface area contributed by atoms with Crippen molar-refractivity contribution in [2.45, 2.75) is 56.7 Å². The van der Waals surface area contributed by atoms with Crippen LogP contribution < -0.4 is 11.1 Å². The summed E-state index contributed by atoms with van der Waals surface area (Å²) >= 11 is 1.56. The largest absolute Gasteiger partial charge is 0.477 e. The number of aliphatic hydroxyl groups excluding tert-OH is 1. The van der Waals surface area contributed by atoms with E-state index in [1.165, 1.54) is 4.90 Å². The predicted octanol–water partition coefficient (Wildman–Crippen LogP) is 0.245. The Kier molecular flexibility index (Phi) is 7.28. The van der Waals surface area contributed by atoms with Crippen LogP contribution in [-0.4, -0.2) is 105 Å². The minimum atomic E-state index is -1.08. The van der Waals surface area contributed by atoms with Gasteiger partial charge in [-0.2, -0.15) is 0 Å². The number of aliphatic hydroxyl groups is 1. The first kappa shape index (κ1) is 25.0. The zero-order valence-corrected chi connectivity index (χ0v) is 20.7. The van der Waals surface area contributed by atoms with E-state index >= 15 is 0 Å². The molecule has 3 saturated heterocycles. The van der Waals surface area contributed by atoms with Gasteiger partial charge in [0.2, 0.25) is 5.91 Å². The Morgan fingerprint density at radius 2 is 2.06 bits per heavy atom. The van der Waals surface area contributed by atoms with Gasteiger partial charge in [0, 0.05) is 60.9 Å². The highest BCUT2D eigenvalue weighted by Gasteiger charge is 2.60. The summed E-state index contributed by atoms with van der Waals surface area (Å²) in [5, 5.41) is 23.5. The van der Waals surface area contributed by atoms with Crippen LogP contribution in [0.2, 0.25) is 0 Å². The third kappa shape index (κ3) is 4.58. The monoisotopic (exact) mass is 493 g/mol. The Balaban J connectivity index is 1.32. The number of carboxylic acids is 1. The molecule has 4 aliphatic heterocycles. The molecule has 0 aromatic heterocycles. The summed E-state index contributed by atoms with van der Waals surface area (Å²) in [4.78, 5) is 42.0. The normalized spacial score (nSPS) is 35.1. The van der Waals surface area contributed by atoms with Gasteiger partial charge in [0.05, 0.1) is 18.1 Å². The first-order valence-corrected chi connectivity index (χ1v) is 12.8. The third-order valence-corrected chi connectivity index (χ3v) is 9.03. The van der Waals surface area contributed by atoms with Crippen molar-refractivity contribution in [2.75, 3.05) is 32.7 Å². The van der Waals surface area contributed by atoms with Crippen LogP contribution in [0.25, 0.3) is 0 Å². The number of nitrogens with one attached hydrogen (secondary N) is 1. The maximum atomic E-state index is 12.5. The lowest BCUT2D eigenvalue weighted by molar-refractivity contribution is -0.163. The van der Waals surface area contributed by atoms with Crippen molar-refractivity contribution in [1.29, 1.82) is 0 Å². The number of hydrogen-bond acceptors (Lipinski definition) is 7. The number of piperazine rings is 1. The molecule has 4 rings (SSSR count). The highest BCUT2D eigenvalue weighted by molar-refractivity contribution is 8.03. The number of carbonyl (C=O) groups is 3. The molecular weight excluding hydrogens is 458 g/mol. The molecule has 10 nitrogen and oxygen atoms in total. The molecule has 0 aromatic rings. The number of thioether (sulfide) groups is 1. The number of carboxylic acid groups (broad SMARTS) is 1. The second-order valence-corrected chi connectivity index (χ2v) is 11.2. The quantitative estimate of drug-likeness (QED) is 0.292. The number of hydrogen-bond donors (Lipinski definition) is 4. The Bertz CT molecular complexity index is 908. The van der Waals surface area contributed by atoms with Crippen LogP contribution in [0.4, 0.5) is 4.79 Å². The Labute approximate surface area is 204 Å². The van der Waals surface area contributed by atoms with Crippen LogP contribution in [0.3, 0.4) is 0 Å². The fourth-order valence-corrected chi connectivity index (χ4v) is 7.15. The molecule has 188 valence electrons. The Morgan fingerprint density at radius 3 is 2.68 bits per heavy atom. The molecule has 3 amide bonds.